The first kappa shape index (κ1) is 11.6. The van der Waals surface area contributed by atoms with E-state index in [-0.39, 0.29) is 0 Å². The first-order valence-corrected chi connectivity index (χ1v) is 6.21. The molecule has 2 aromatic heterocycles. The second-order valence-electron chi connectivity index (χ2n) is 4.20. The molecule has 0 saturated heterocycles. The number of halogens is 1. The Morgan fingerprint density at radius 2 is 2.28 bits per heavy atom. The number of ether oxygens (including phenoxy) is 1. The van der Waals surface area contributed by atoms with Gasteiger partial charge in [-0.15, -0.1) is 0 Å². The lowest BCUT2D eigenvalue weighted by Crippen LogP contribution is -2.15. The molecule has 4 nitrogen and oxygen atoms in total. The second-order valence-corrected chi connectivity index (χ2v) is 4.55. The zero-order valence-corrected chi connectivity index (χ0v) is 10.5. The molecule has 0 atom stereocenters. The van der Waals surface area contributed by atoms with Crippen molar-refractivity contribution in [1.29, 1.82) is 0 Å². The van der Waals surface area contributed by atoms with Crippen molar-refractivity contribution >= 4 is 11.6 Å². The van der Waals surface area contributed by atoms with E-state index in [4.69, 9.17) is 16.3 Å². The van der Waals surface area contributed by atoms with Gasteiger partial charge in [0.2, 0.25) is 0 Å². The van der Waals surface area contributed by atoms with E-state index in [9.17, 15) is 0 Å². The summed E-state index contributed by atoms with van der Waals surface area (Å²) >= 11 is 6.17. The molecule has 92 valence electrons. The smallest absolute Gasteiger partial charge is 0.138 e. The third-order valence-electron chi connectivity index (χ3n) is 2.90. The lowest BCUT2D eigenvalue weighted by molar-refractivity contribution is 0.109. The van der Waals surface area contributed by atoms with Crippen molar-refractivity contribution in [3.63, 3.8) is 0 Å². The summed E-state index contributed by atoms with van der Waals surface area (Å²) in [5.74, 6) is 0.744. The SMILES string of the molecule is Clc1nc(Cc2cccnc2)nc2c1COCC2. The van der Waals surface area contributed by atoms with Crippen LogP contribution in [0.4, 0.5) is 0 Å². The molecule has 0 fully saturated rings. The Kier molecular flexibility index (Phi) is 3.21. The van der Waals surface area contributed by atoms with Gasteiger partial charge in [0.25, 0.3) is 0 Å². The van der Waals surface area contributed by atoms with Crippen LogP contribution >= 0.6 is 11.6 Å². The quantitative estimate of drug-likeness (QED) is 0.778. The first-order chi connectivity index (χ1) is 8.83. The molecule has 3 rings (SSSR count). The second kappa shape index (κ2) is 5.00. The Morgan fingerprint density at radius 3 is 3.11 bits per heavy atom. The average molecular weight is 262 g/mol. The maximum atomic E-state index is 6.17. The van der Waals surface area contributed by atoms with Crippen molar-refractivity contribution in [2.24, 2.45) is 0 Å². The third-order valence-corrected chi connectivity index (χ3v) is 3.22. The van der Waals surface area contributed by atoms with Crippen LogP contribution in [0, 0.1) is 0 Å². The monoisotopic (exact) mass is 261 g/mol. The van der Waals surface area contributed by atoms with Crippen molar-refractivity contribution in [1.82, 2.24) is 15.0 Å². The van der Waals surface area contributed by atoms with Gasteiger partial charge in [0.15, 0.2) is 0 Å². The molecular weight excluding hydrogens is 250 g/mol. The highest BCUT2D eigenvalue weighted by molar-refractivity contribution is 6.30. The van der Waals surface area contributed by atoms with Crippen LogP contribution in [0.15, 0.2) is 24.5 Å². The molecule has 0 unspecified atom stereocenters. The summed E-state index contributed by atoms with van der Waals surface area (Å²) in [6, 6.07) is 3.91. The van der Waals surface area contributed by atoms with Crippen LogP contribution in [0.25, 0.3) is 0 Å². The largest absolute Gasteiger partial charge is 0.376 e. The van der Waals surface area contributed by atoms with Gasteiger partial charge in [-0.3, -0.25) is 4.98 Å². The number of hydrogen-bond donors (Lipinski definition) is 0. The number of nitrogens with zero attached hydrogens (tertiary/aromatic N) is 3. The van der Waals surface area contributed by atoms with E-state index in [1.165, 1.54) is 0 Å². The van der Waals surface area contributed by atoms with E-state index in [0.717, 1.165) is 29.1 Å². The average Bonchev–Trinajstić information content (AvgIpc) is 2.40. The molecule has 0 radical (unpaired) electrons. The summed E-state index contributed by atoms with van der Waals surface area (Å²) < 4.78 is 5.36. The van der Waals surface area contributed by atoms with Crippen molar-refractivity contribution in [2.75, 3.05) is 6.61 Å². The van der Waals surface area contributed by atoms with Crippen molar-refractivity contribution in [3.8, 4) is 0 Å². The molecular formula is C13H12ClN3O. The Morgan fingerprint density at radius 1 is 1.33 bits per heavy atom. The van der Waals surface area contributed by atoms with E-state index in [1.807, 2.05) is 18.3 Å². The first-order valence-electron chi connectivity index (χ1n) is 5.84. The normalized spacial score (nSPS) is 14.3. The van der Waals surface area contributed by atoms with Gasteiger partial charge < -0.3 is 4.74 Å². The summed E-state index contributed by atoms with van der Waals surface area (Å²) in [6.07, 6.45) is 5.03. The Bertz CT molecular complexity index is 560. The van der Waals surface area contributed by atoms with Gasteiger partial charge in [-0.1, -0.05) is 17.7 Å². The van der Waals surface area contributed by atoms with Gasteiger partial charge in [0.05, 0.1) is 18.9 Å². The Hall–Kier alpha value is -1.52. The van der Waals surface area contributed by atoms with Crippen LogP contribution < -0.4 is 0 Å². The Balaban J connectivity index is 1.91. The summed E-state index contributed by atoms with van der Waals surface area (Å²) in [4.78, 5) is 13.0. The molecule has 0 amide bonds. The summed E-state index contributed by atoms with van der Waals surface area (Å²) in [6.45, 7) is 1.22. The molecule has 0 aliphatic carbocycles. The topological polar surface area (TPSA) is 47.9 Å². The van der Waals surface area contributed by atoms with Crippen LogP contribution in [-0.4, -0.2) is 21.6 Å². The van der Waals surface area contributed by atoms with Crippen LogP contribution in [0.5, 0.6) is 0 Å². The number of rotatable bonds is 2. The fourth-order valence-electron chi connectivity index (χ4n) is 2.01. The molecule has 0 N–H and O–H groups in total. The van der Waals surface area contributed by atoms with E-state index in [2.05, 4.69) is 15.0 Å². The van der Waals surface area contributed by atoms with Gasteiger partial charge in [-0.2, -0.15) is 0 Å². The van der Waals surface area contributed by atoms with Crippen LogP contribution in [0.1, 0.15) is 22.6 Å². The maximum Gasteiger partial charge on any atom is 0.138 e. The van der Waals surface area contributed by atoms with E-state index in [0.29, 0.717) is 24.8 Å². The molecule has 1 aliphatic heterocycles. The predicted octanol–water partition coefficient (Wildman–Crippen LogP) is 2.19. The number of aromatic nitrogens is 3. The van der Waals surface area contributed by atoms with E-state index >= 15 is 0 Å². The number of fused-ring (bicyclic) bond motifs is 1. The number of pyridine rings is 1. The highest BCUT2D eigenvalue weighted by atomic mass is 35.5. The molecule has 5 heteroatoms. The molecule has 0 bridgehead atoms. The summed E-state index contributed by atoms with van der Waals surface area (Å²) in [7, 11) is 0. The predicted molar refractivity (Wildman–Crippen MR) is 67.4 cm³/mol. The molecule has 18 heavy (non-hydrogen) atoms. The lowest BCUT2D eigenvalue weighted by Gasteiger charge is -2.17. The Labute approximate surface area is 110 Å². The zero-order valence-electron chi connectivity index (χ0n) is 9.77. The minimum Gasteiger partial charge on any atom is -0.376 e. The van der Waals surface area contributed by atoms with Crippen LogP contribution in [-0.2, 0) is 24.2 Å². The minimum absolute atomic E-state index is 0.513. The van der Waals surface area contributed by atoms with Gasteiger partial charge in [-0.05, 0) is 11.6 Å². The highest BCUT2D eigenvalue weighted by Gasteiger charge is 2.17. The van der Waals surface area contributed by atoms with Crippen molar-refractivity contribution in [3.05, 3.63) is 52.3 Å². The molecule has 2 aromatic rings. The fraction of sp³-hybridized carbons (Fsp3) is 0.308. The maximum absolute atomic E-state index is 6.17. The highest BCUT2D eigenvalue weighted by Crippen LogP contribution is 2.22. The zero-order chi connectivity index (χ0) is 12.4. The van der Waals surface area contributed by atoms with Gasteiger partial charge in [-0.25, -0.2) is 9.97 Å². The van der Waals surface area contributed by atoms with Gasteiger partial charge >= 0.3 is 0 Å². The molecule has 3 heterocycles. The van der Waals surface area contributed by atoms with Crippen molar-refractivity contribution in [2.45, 2.75) is 19.4 Å². The van der Waals surface area contributed by atoms with Gasteiger partial charge in [0, 0.05) is 30.8 Å². The van der Waals surface area contributed by atoms with Crippen molar-refractivity contribution < 1.29 is 4.74 Å². The molecule has 1 aliphatic rings. The van der Waals surface area contributed by atoms with Gasteiger partial charge in [0.1, 0.15) is 11.0 Å². The summed E-state index contributed by atoms with van der Waals surface area (Å²) in [5.41, 5.74) is 3.03. The third kappa shape index (κ3) is 2.35. The lowest BCUT2D eigenvalue weighted by atomic mass is 10.1. The van der Waals surface area contributed by atoms with Crippen LogP contribution in [0.2, 0.25) is 5.15 Å². The summed E-state index contributed by atoms with van der Waals surface area (Å²) in [5, 5.41) is 0.513. The molecule has 0 saturated carbocycles. The molecule has 0 spiro atoms. The fourth-order valence-corrected chi connectivity index (χ4v) is 2.27. The van der Waals surface area contributed by atoms with Crippen LogP contribution in [0.3, 0.4) is 0 Å². The number of hydrogen-bond acceptors (Lipinski definition) is 4. The van der Waals surface area contributed by atoms with E-state index < -0.39 is 0 Å². The molecule has 0 aromatic carbocycles. The van der Waals surface area contributed by atoms with E-state index in [1.54, 1.807) is 6.20 Å². The minimum atomic E-state index is 0.513. The standard InChI is InChI=1S/C13H12ClN3O/c14-13-10-8-18-5-3-11(10)16-12(17-13)6-9-2-1-4-15-7-9/h1-2,4,7H,3,5-6,8H2.